The Morgan fingerprint density at radius 2 is 1.77 bits per heavy atom. The third-order valence-electron chi connectivity index (χ3n) is 5.26. The van der Waals surface area contributed by atoms with Crippen molar-refractivity contribution < 1.29 is 24.9 Å². The van der Waals surface area contributed by atoms with Crippen molar-refractivity contribution in [1.82, 2.24) is 0 Å². The Bertz CT molecular complexity index is 984. The van der Waals surface area contributed by atoms with Crippen LogP contribution in [0, 0.1) is 0 Å². The Labute approximate surface area is 177 Å². The third-order valence-corrected chi connectivity index (χ3v) is 5.26. The summed E-state index contributed by atoms with van der Waals surface area (Å²) in [6.07, 6.45) is 3.98. The van der Waals surface area contributed by atoms with Gasteiger partial charge in [0.05, 0.1) is 0 Å². The van der Waals surface area contributed by atoms with Gasteiger partial charge in [-0.25, -0.2) is 0 Å². The number of Topliss-reactive ketones (excluding diaryl/α,β-unsaturated/α-hetero) is 1. The van der Waals surface area contributed by atoms with Crippen molar-refractivity contribution in [3.05, 3.63) is 76.4 Å². The van der Waals surface area contributed by atoms with Crippen molar-refractivity contribution in [2.75, 3.05) is 0 Å². The van der Waals surface area contributed by atoms with E-state index in [0.717, 1.165) is 24.5 Å². The Morgan fingerprint density at radius 3 is 2.43 bits per heavy atom. The second kappa shape index (κ2) is 9.18. The highest BCUT2D eigenvalue weighted by Crippen LogP contribution is 2.45. The molecule has 0 fully saturated rings. The van der Waals surface area contributed by atoms with Crippen LogP contribution in [-0.2, 0) is 6.42 Å². The van der Waals surface area contributed by atoms with Crippen molar-refractivity contribution >= 4 is 5.78 Å². The predicted octanol–water partition coefficient (Wildman–Crippen LogP) is 5.01. The number of aliphatic hydroxyl groups excluding tert-OH is 1. The topological polar surface area (TPSA) is 87.0 Å². The van der Waals surface area contributed by atoms with Gasteiger partial charge in [-0.2, -0.15) is 0 Å². The maximum absolute atomic E-state index is 12.8. The SMILES string of the molecule is CC(C)=CCC/C(C)=C/Cc1c(O)cc(O)c2c1O[C@H](c1ccccc1)[C@H](O)C2=O. The van der Waals surface area contributed by atoms with Crippen LogP contribution < -0.4 is 4.74 Å². The normalized spacial score (nSPS) is 18.5. The zero-order chi connectivity index (χ0) is 21.8. The predicted molar refractivity (Wildman–Crippen MR) is 116 cm³/mol. The number of ketones is 1. The number of hydrogen-bond donors (Lipinski definition) is 3. The highest BCUT2D eigenvalue weighted by atomic mass is 16.5. The summed E-state index contributed by atoms with van der Waals surface area (Å²) in [7, 11) is 0. The Hall–Kier alpha value is -3.05. The maximum Gasteiger partial charge on any atom is 0.202 e. The molecule has 0 spiro atoms. The second-order valence-electron chi connectivity index (χ2n) is 7.93. The number of carbonyl (C=O) groups is 1. The van der Waals surface area contributed by atoms with Gasteiger partial charge in [0.1, 0.15) is 22.8 Å². The summed E-state index contributed by atoms with van der Waals surface area (Å²) < 4.78 is 6.01. The van der Waals surface area contributed by atoms with Gasteiger partial charge in [0.15, 0.2) is 12.2 Å². The summed E-state index contributed by atoms with van der Waals surface area (Å²) in [5.41, 5.74) is 3.40. The van der Waals surface area contributed by atoms with Crippen molar-refractivity contribution in [1.29, 1.82) is 0 Å². The third kappa shape index (κ3) is 4.57. The lowest BCUT2D eigenvalue weighted by molar-refractivity contribution is 0.0206. The number of hydrogen-bond acceptors (Lipinski definition) is 5. The van der Waals surface area contributed by atoms with E-state index < -0.39 is 23.7 Å². The summed E-state index contributed by atoms with van der Waals surface area (Å²) in [6, 6.07) is 10.1. The molecule has 1 aliphatic heterocycles. The van der Waals surface area contributed by atoms with Crippen LogP contribution in [0.1, 0.15) is 61.2 Å². The van der Waals surface area contributed by atoms with E-state index in [0.29, 0.717) is 17.5 Å². The van der Waals surface area contributed by atoms with E-state index in [9.17, 15) is 20.1 Å². The van der Waals surface area contributed by atoms with Gasteiger partial charge in [0, 0.05) is 11.6 Å². The zero-order valence-electron chi connectivity index (χ0n) is 17.6. The molecule has 0 amide bonds. The number of ether oxygens (including phenoxy) is 1. The van der Waals surface area contributed by atoms with E-state index in [-0.39, 0.29) is 17.1 Å². The van der Waals surface area contributed by atoms with Crippen LogP contribution in [0.2, 0.25) is 0 Å². The number of phenolic OH excluding ortho intramolecular Hbond substituents is 2. The van der Waals surface area contributed by atoms with Crippen LogP contribution in [0.4, 0.5) is 0 Å². The Balaban J connectivity index is 1.95. The molecule has 5 heteroatoms. The van der Waals surface area contributed by atoms with Crippen LogP contribution in [0.5, 0.6) is 17.2 Å². The molecule has 158 valence electrons. The van der Waals surface area contributed by atoms with Gasteiger partial charge in [-0.1, -0.05) is 53.6 Å². The summed E-state index contributed by atoms with van der Waals surface area (Å²) in [6.45, 7) is 6.14. The van der Waals surface area contributed by atoms with Gasteiger partial charge in [-0.15, -0.1) is 0 Å². The van der Waals surface area contributed by atoms with Crippen molar-refractivity contribution in [2.24, 2.45) is 0 Å². The fourth-order valence-electron chi connectivity index (χ4n) is 3.57. The molecule has 3 N–H and O–H groups in total. The largest absolute Gasteiger partial charge is 0.507 e. The Kier molecular flexibility index (Phi) is 6.63. The van der Waals surface area contributed by atoms with E-state index in [2.05, 4.69) is 19.9 Å². The first-order chi connectivity index (χ1) is 14.3. The minimum atomic E-state index is -1.44. The lowest BCUT2D eigenvalue weighted by Gasteiger charge is -2.31. The maximum atomic E-state index is 12.8. The second-order valence-corrected chi connectivity index (χ2v) is 7.93. The highest BCUT2D eigenvalue weighted by molar-refractivity contribution is 6.06. The molecular weight excluding hydrogens is 380 g/mol. The molecular formula is C25H28O5. The molecule has 2 aromatic carbocycles. The fraction of sp³-hybridized carbons (Fsp3) is 0.320. The van der Waals surface area contributed by atoms with Crippen molar-refractivity contribution in [3.8, 4) is 17.2 Å². The smallest absolute Gasteiger partial charge is 0.202 e. The standard InChI is InChI=1S/C25H28O5/c1-15(2)8-7-9-16(3)12-13-18-19(26)14-20(27)21-22(28)23(29)24(30-25(18)21)17-10-5-4-6-11-17/h4-6,8,10-12,14,23-24,26-27,29H,7,9,13H2,1-3H3/b16-12+/t23-,24-/m1/s1. The number of fused-ring (bicyclic) bond motifs is 1. The number of rotatable bonds is 6. The summed E-state index contributed by atoms with van der Waals surface area (Å²) in [4.78, 5) is 12.8. The molecule has 0 unspecified atom stereocenters. The molecule has 30 heavy (non-hydrogen) atoms. The molecule has 2 aromatic rings. The van der Waals surface area contributed by atoms with Crippen LogP contribution in [0.3, 0.4) is 0 Å². The van der Waals surface area contributed by atoms with Crippen LogP contribution >= 0.6 is 0 Å². The fourth-order valence-corrected chi connectivity index (χ4v) is 3.57. The molecule has 1 aliphatic rings. The minimum absolute atomic E-state index is 0.0851. The van der Waals surface area contributed by atoms with Gasteiger partial charge < -0.3 is 20.1 Å². The lowest BCUT2D eigenvalue weighted by Crippen LogP contribution is -2.36. The monoisotopic (exact) mass is 408 g/mol. The number of benzene rings is 2. The first kappa shape index (κ1) is 21.7. The number of aliphatic hydroxyl groups is 1. The van der Waals surface area contributed by atoms with Crippen LogP contribution in [0.15, 0.2) is 59.7 Å². The van der Waals surface area contributed by atoms with Crippen molar-refractivity contribution in [2.45, 2.75) is 52.2 Å². The van der Waals surface area contributed by atoms with Gasteiger partial charge >= 0.3 is 0 Å². The molecule has 0 saturated carbocycles. The van der Waals surface area contributed by atoms with E-state index >= 15 is 0 Å². The molecule has 0 aromatic heterocycles. The van der Waals surface area contributed by atoms with Gasteiger partial charge in [0.2, 0.25) is 5.78 Å². The lowest BCUT2D eigenvalue weighted by atomic mass is 9.90. The molecule has 3 rings (SSSR count). The van der Waals surface area contributed by atoms with Crippen LogP contribution in [0.25, 0.3) is 0 Å². The molecule has 1 heterocycles. The quantitative estimate of drug-likeness (QED) is 0.585. The van der Waals surface area contributed by atoms with Gasteiger partial charge in [0.25, 0.3) is 0 Å². The van der Waals surface area contributed by atoms with E-state index in [1.165, 1.54) is 5.57 Å². The number of carbonyl (C=O) groups excluding carboxylic acids is 1. The summed E-state index contributed by atoms with van der Waals surface area (Å²) in [5.74, 6) is -1.03. The van der Waals surface area contributed by atoms with Crippen molar-refractivity contribution in [3.63, 3.8) is 0 Å². The molecule has 2 atom stereocenters. The molecule has 0 bridgehead atoms. The number of phenols is 2. The average Bonchev–Trinajstić information content (AvgIpc) is 2.70. The highest BCUT2D eigenvalue weighted by Gasteiger charge is 2.40. The van der Waals surface area contributed by atoms with E-state index in [1.807, 2.05) is 19.1 Å². The first-order valence-electron chi connectivity index (χ1n) is 10.1. The molecule has 0 aliphatic carbocycles. The zero-order valence-corrected chi connectivity index (χ0v) is 17.6. The van der Waals surface area contributed by atoms with Gasteiger partial charge in [-0.05, 0) is 45.6 Å². The van der Waals surface area contributed by atoms with E-state index in [4.69, 9.17) is 4.74 Å². The summed E-state index contributed by atoms with van der Waals surface area (Å²) >= 11 is 0. The first-order valence-corrected chi connectivity index (χ1v) is 10.1. The summed E-state index contributed by atoms with van der Waals surface area (Å²) in [5, 5.41) is 31.2. The Morgan fingerprint density at radius 1 is 1.07 bits per heavy atom. The van der Waals surface area contributed by atoms with E-state index in [1.54, 1.807) is 24.3 Å². The van der Waals surface area contributed by atoms with Gasteiger partial charge in [-0.3, -0.25) is 4.79 Å². The number of allylic oxidation sites excluding steroid dienone is 4. The molecule has 5 nitrogen and oxygen atoms in total. The minimum Gasteiger partial charge on any atom is -0.507 e. The average molecular weight is 408 g/mol. The molecule has 0 saturated heterocycles. The van der Waals surface area contributed by atoms with Crippen LogP contribution in [-0.4, -0.2) is 27.2 Å². The number of aromatic hydroxyl groups is 2. The molecule has 0 radical (unpaired) electrons.